The molecule has 2 amide bonds. The van der Waals surface area contributed by atoms with E-state index in [0.717, 1.165) is 25.9 Å². The van der Waals surface area contributed by atoms with Crippen LogP contribution in [0, 0.1) is 11.8 Å². The van der Waals surface area contributed by atoms with Crippen molar-refractivity contribution in [2.75, 3.05) is 26.2 Å². The Morgan fingerprint density at radius 2 is 2.05 bits per heavy atom. The van der Waals surface area contributed by atoms with Crippen molar-refractivity contribution in [2.45, 2.75) is 38.2 Å². The van der Waals surface area contributed by atoms with Crippen LogP contribution in [0.4, 0.5) is 0 Å². The monoisotopic (exact) mass is 266 g/mol. The first-order valence-corrected chi connectivity index (χ1v) is 7.38. The lowest BCUT2D eigenvalue weighted by Gasteiger charge is -2.31. The summed E-state index contributed by atoms with van der Waals surface area (Å²) in [5, 5.41) is 9.63. The van der Waals surface area contributed by atoms with Gasteiger partial charge in [0.15, 0.2) is 0 Å². The molecule has 0 aromatic heterocycles. The number of piperidine rings is 1. The number of hydrogen-bond acceptors (Lipinski definition) is 3. The number of hydrogen-bond donors (Lipinski definition) is 1. The molecule has 3 aliphatic rings. The Morgan fingerprint density at radius 3 is 2.74 bits per heavy atom. The average molecular weight is 266 g/mol. The van der Waals surface area contributed by atoms with Gasteiger partial charge in [0.2, 0.25) is 11.8 Å². The zero-order valence-electron chi connectivity index (χ0n) is 11.3. The van der Waals surface area contributed by atoms with Crippen molar-refractivity contribution >= 4 is 11.8 Å². The first-order chi connectivity index (χ1) is 9.13. The maximum atomic E-state index is 12.4. The van der Waals surface area contributed by atoms with Crippen LogP contribution in [0.1, 0.15) is 32.1 Å². The number of likely N-dealkylation sites (tertiary alicyclic amines) is 2. The number of β-amino-alcohol motifs (C(OH)–C–C–N with tert-alkyl or cyclic N) is 1. The summed E-state index contributed by atoms with van der Waals surface area (Å²) >= 11 is 0. The van der Waals surface area contributed by atoms with Crippen LogP contribution in [-0.2, 0) is 9.59 Å². The minimum absolute atomic E-state index is 0.0606. The molecule has 0 bridgehead atoms. The molecule has 5 heteroatoms. The fourth-order valence-corrected chi connectivity index (χ4v) is 3.14. The van der Waals surface area contributed by atoms with E-state index >= 15 is 0 Å². The van der Waals surface area contributed by atoms with E-state index in [4.69, 9.17) is 0 Å². The van der Waals surface area contributed by atoms with Crippen LogP contribution in [0.5, 0.6) is 0 Å². The minimum atomic E-state index is -0.391. The van der Waals surface area contributed by atoms with Crippen molar-refractivity contribution in [1.82, 2.24) is 9.80 Å². The van der Waals surface area contributed by atoms with Crippen LogP contribution in [0.3, 0.4) is 0 Å². The summed E-state index contributed by atoms with van der Waals surface area (Å²) in [6, 6.07) is 0. The van der Waals surface area contributed by atoms with E-state index < -0.39 is 6.10 Å². The molecule has 2 atom stereocenters. The SMILES string of the molecule is O=C1CC(C(=O)N2CCCC(O)C2)CN1CC1CC1. The molecule has 106 valence electrons. The van der Waals surface area contributed by atoms with Crippen molar-refractivity contribution in [3.05, 3.63) is 0 Å². The van der Waals surface area contributed by atoms with Gasteiger partial charge in [-0.25, -0.2) is 0 Å². The van der Waals surface area contributed by atoms with Crippen molar-refractivity contribution in [3.63, 3.8) is 0 Å². The van der Waals surface area contributed by atoms with E-state index in [2.05, 4.69) is 0 Å². The summed E-state index contributed by atoms with van der Waals surface area (Å²) in [6.45, 7) is 2.58. The Hall–Kier alpha value is -1.10. The Balaban J connectivity index is 1.56. The third-order valence-corrected chi connectivity index (χ3v) is 4.45. The number of carbonyl (C=O) groups excluding carboxylic acids is 2. The largest absolute Gasteiger partial charge is 0.391 e. The van der Waals surface area contributed by atoms with E-state index in [1.165, 1.54) is 12.8 Å². The number of aliphatic hydroxyl groups is 1. The fourth-order valence-electron chi connectivity index (χ4n) is 3.14. The Kier molecular flexibility index (Phi) is 3.48. The molecular formula is C14H22N2O3. The van der Waals surface area contributed by atoms with Crippen LogP contribution in [0.25, 0.3) is 0 Å². The van der Waals surface area contributed by atoms with Gasteiger partial charge in [-0.05, 0) is 31.6 Å². The van der Waals surface area contributed by atoms with E-state index in [0.29, 0.717) is 25.4 Å². The van der Waals surface area contributed by atoms with Crippen LogP contribution in [0.2, 0.25) is 0 Å². The van der Waals surface area contributed by atoms with Gasteiger partial charge >= 0.3 is 0 Å². The molecule has 1 saturated carbocycles. The lowest BCUT2D eigenvalue weighted by molar-refractivity contribution is -0.138. The molecule has 2 saturated heterocycles. The molecule has 2 aliphatic heterocycles. The molecule has 3 rings (SSSR count). The zero-order valence-corrected chi connectivity index (χ0v) is 11.3. The fraction of sp³-hybridized carbons (Fsp3) is 0.857. The number of aliphatic hydroxyl groups excluding tert-OH is 1. The molecule has 5 nitrogen and oxygen atoms in total. The Labute approximate surface area is 113 Å². The molecule has 3 fully saturated rings. The lowest BCUT2D eigenvalue weighted by Crippen LogP contribution is -2.45. The number of rotatable bonds is 3. The predicted molar refractivity (Wildman–Crippen MR) is 69.2 cm³/mol. The molecule has 2 unspecified atom stereocenters. The quantitative estimate of drug-likeness (QED) is 0.795. The molecule has 1 aliphatic carbocycles. The van der Waals surface area contributed by atoms with Gasteiger partial charge in [0.05, 0.1) is 12.0 Å². The third-order valence-electron chi connectivity index (χ3n) is 4.45. The summed E-state index contributed by atoms with van der Waals surface area (Å²) in [4.78, 5) is 27.9. The van der Waals surface area contributed by atoms with Crippen LogP contribution >= 0.6 is 0 Å². The second-order valence-electron chi connectivity index (χ2n) is 6.22. The molecule has 0 aromatic rings. The third kappa shape index (κ3) is 2.91. The van der Waals surface area contributed by atoms with Crippen molar-refractivity contribution in [3.8, 4) is 0 Å². The minimum Gasteiger partial charge on any atom is -0.391 e. The van der Waals surface area contributed by atoms with Crippen molar-refractivity contribution < 1.29 is 14.7 Å². The Morgan fingerprint density at radius 1 is 1.26 bits per heavy atom. The molecular weight excluding hydrogens is 244 g/mol. The summed E-state index contributed by atoms with van der Waals surface area (Å²) < 4.78 is 0. The summed E-state index contributed by atoms with van der Waals surface area (Å²) in [6.07, 6.45) is 4.05. The number of carbonyl (C=O) groups is 2. The molecule has 0 aromatic carbocycles. The summed E-state index contributed by atoms with van der Waals surface area (Å²) in [7, 11) is 0. The first-order valence-electron chi connectivity index (χ1n) is 7.38. The van der Waals surface area contributed by atoms with Crippen LogP contribution in [-0.4, -0.2) is 59.0 Å². The normalized spacial score (nSPS) is 31.9. The zero-order chi connectivity index (χ0) is 13.4. The maximum absolute atomic E-state index is 12.4. The highest BCUT2D eigenvalue weighted by atomic mass is 16.3. The van der Waals surface area contributed by atoms with Crippen LogP contribution in [0.15, 0.2) is 0 Å². The van der Waals surface area contributed by atoms with Gasteiger partial charge in [-0.1, -0.05) is 0 Å². The molecule has 0 radical (unpaired) electrons. The topological polar surface area (TPSA) is 60.9 Å². The van der Waals surface area contributed by atoms with Gasteiger partial charge in [-0.15, -0.1) is 0 Å². The maximum Gasteiger partial charge on any atom is 0.228 e. The highest BCUT2D eigenvalue weighted by Gasteiger charge is 2.39. The second-order valence-corrected chi connectivity index (χ2v) is 6.22. The van der Waals surface area contributed by atoms with E-state index in [-0.39, 0.29) is 17.7 Å². The van der Waals surface area contributed by atoms with Gasteiger partial charge in [0.25, 0.3) is 0 Å². The van der Waals surface area contributed by atoms with E-state index in [1.807, 2.05) is 4.90 Å². The first kappa shape index (κ1) is 12.9. The molecule has 0 spiro atoms. The van der Waals surface area contributed by atoms with Crippen molar-refractivity contribution in [2.24, 2.45) is 11.8 Å². The molecule has 19 heavy (non-hydrogen) atoms. The predicted octanol–water partition coefficient (Wildman–Crippen LogP) is 0.228. The smallest absolute Gasteiger partial charge is 0.228 e. The van der Waals surface area contributed by atoms with Gasteiger partial charge in [-0.3, -0.25) is 9.59 Å². The molecule has 1 N–H and O–H groups in total. The van der Waals surface area contributed by atoms with Gasteiger partial charge in [0, 0.05) is 32.6 Å². The standard InChI is InChI=1S/C14H22N2O3/c17-12-2-1-5-15(9-12)14(19)11-6-13(18)16(8-11)7-10-3-4-10/h10-12,17H,1-9H2. The summed E-state index contributed by atoms with van der Waals surface area (Å²) in [5.41, 5.74) is 0. The van der Waals surface area contributed by atoms with Crippen molar-refractivity contribution in [1.29, 1.82) is 0 Å². The summed E-state index contributed by atoms with van der Waals surface area (Å²) in [5.74, 6) is 0.680. The second kappa shape index (κ2) is 5.12. The number of amides is 2. The highest BCUT2D eigenvalue weighted by Crippen LogP contribution is 2.32. The van der Waals surface area contributed by atoms with E-state index in [9.17, 15) is 14.7 Å². The average Bonchev–Trinajstić information content (AvgIpc) is 3.12. The lowest BCUT2D eigenvalue weighted by atomic mass is 10.0. The van der Waals surface area contributed by atoms with Crippen LogP contribution < -0.4 is 0 Å². The van der Waals surface area contributed by atoms with Gasteiger partial charge in [0.1, 0.15) is 0 Å². The molecule has 2 heterocycles. The number of nitrogens with zero attached hydrogens (tertiary/aromatic N) is 2. The highest BCUT2D eigenvalue weighted by molar-refractivity contribution is 5.89. The van der Waals surface area contributed by atoms with E-state index in [1.54, 1.807) is 4.90 Å². The Bertz CT molecular complexity index is 381. The van der Waals surface area contributed by atoms with Gasteiger partial charge < -0.3 is 14.9 Å². The van der Waals surface area contributed by atoms with Gasteiger partial charge in [-0.2, -0.15) is 0 Å².